The molecule has 0 radical (unpaired) electrons. The third kappa shape index (κ3) is 1.42. The van der Waals surface area contributed by atoms with Crippen LogP contribution in [-0.4, -0.2) is 40.8 Å². The Balaban J connectivity index is 2.12. The van der Waals surface area contributed by atoms with E-state index in [0.717, 1.165) is 0 Å². The summed E-state index contributed by atoms with van der Waals surface area (Å²) in [5.41, 5.74) is -0.827. The van der Waals surface area contributed by atoms with Crippen molar-refractivity contribution in [1.29, 1.82) is 0 Å². The molecule has 2 rings (SSSR count). The van der Waals surface area contributed by atoms with Crippen molar-refractivity contribution in [3.63, 3.8) is 0 Å². The number of ketones is 2. The van der Waals surface area contributed by atoms with Crippen LogP contribution in [0, 0.1) is 5.41 Å². The van der Waals surface area contributed by atoms with E-state index >= 15 is 0 Å². The average Bonchev–Trinajstić information content (AvgIpc) is 2.48. The summed E-state index contributed by atoms with van der Waals surface area (Å²) < 4.78 is 0. The Morgan fingerprint density at radius 2 is 1.60 bits per heavy atom. The fraction of sp³-hybridized carbons (Fsp3) is 0.700. The Hall–Kier alpha value is -1.39. The molecule has 5 nitrogen and oxygen atoms in total. The number of piperidine rings is 1. The second kappa shape index (κ2) is 3.32. The molecule has 1 heterocycles. The molecule has 1 N–H and O–H groups in total. The Morgan fingerprint density at radius 3 is 2.00 bits per heavy atom. The third-order valence-electron chi connectivity index (χ3n) is 3.53. The standard InChI is InChI=1S/C10H13NO4/c12-7-1-2-8(13)10(7)3-5-11(6-4-10)9(14)15/h1-6H2,(H,14,15). The summed E-state index contributed by atoms with van der Waals surface area (Å²) >= 11 is 0. The first-order valence-electron chi connectivity index (χ1n) is 5.11. The molecule has 0 aromatic heterocycles. The first kappa shape index (κ1) is 10.1. The van der Waals surface area contributed by atoms with Gasteiger partial charge in [0, 0.05) is 25.9 Å². The Morgan fingerprint density at radius 1 is 1.13 bits per heavy atom. The minimum Gasteiger partial charge on any atom is -0.465 e. The zero-order valence-electron chi connectivity index (χ0n) is 8.36. The van der Waals surface area contributed by atoms with Crippen LogP contribution in [0.4, 0.5) is 4.79 Å². The van der Waals surface area contributed by atoms with E-state index in [-0.39, 0.29) is 11.6 Å². The van der Waals surface area contributed by atoms with E-state index in [1.54, 1.807) is 0 Å². The summed E-state index contributed by atoms with van der Waals surface area (Å²) in [5, 5.41) is 8.76. The van der Waals surface area contributed by atoms with Crippen LogP contribution in [0.2, 0.25) is 0 Å². The van der Waals surface area contributed by atoms with E-state index in [0.29, 0.717) is 38.8 Å². The van der Waals surface area contributed by atoms with Crippen LogP contribution >= 0.6 is 0 Å². The number of likely N-dealkylation sites (tertiary alicyclic amines) is 1. The highest BCUT2D eigenvalue weighted by atomic mass is 16.4. The molecule has 1 aliphatic heterocycles. The highest BCUT2D eigenvalue weighted by Crippen LogP contribution is 2.40. The number of Topliss-reactive ketones (excluding diaryl/α,β-unsaturated/α-hetero) is 2. The van der Waals surface area contributed by atoms with Crippen molar-refractivity contribution >= 4 is 17.7 Å². The zero-order chi connectivity index (χ0) is 11.1. The summed E-state index contributed by atoms with van der Waals surface area (Å²) in [5.74, 6) is 0.0232. The summed E-state index contributed by atoms with van der Waals surface area (Å²) in [4.78, 5) is 35.2. The molecule has 0 bridgehead atoms. The van der Waals surface area contributed by atoms with Crippen LogP contribution in [0.15, 0.2) is 0 Å². The van der Waals surface area contributed by atoms with E-state index in [1.165, 1.54) is 4.90 Å². The molecule has 0 atom stereocenters. The molecule has 2 aliphatic rings. The molecule has 2 fully saturated rings. The number of carbonyl (C=O) groups is 3. The molecule has 0 aromatic rings. The fourth-order valence-corrected chi connectivity index (χ4v) is 2.50. The lowest BCUT2D eigenvalue weighted by molar-refractivity contribution is -0.137. The SMILES string of the molecule is O=C(O)N1CCC2(CC1)C(=O)CCC2=O. The summed E-state index contributed by atoms with van der Waals surface area (Å²) in [6.45, 7) is 0.597. The molecule has 1 aliphatic carbocycles. The van der Waals surface area contributed by atoms with Crippen molar-refractivity contribution in [2.75, 3.05) is 13.1 Å². The van der Waals surface area contributed by atoms with Crippen molar-refractivity contribution in [2.45, 2.75) is 25.7 Å². The van der Waals surface area contributed by atoms with Gasteiger partial charge in [0.2, 0.25) is 0 Å². The second-order valence-electron chi connectivity index (χ2n) is 4.20. The van der Waals surface area contributed by atoms with Gasteiger partial charge in [0.05, 0.1) is 5.41 Å². The number of rotatable bonds is 0. The molecule has 5 heteroatoms. The second-order valence-corrected chi connectivity index (χ2v) is 4.20. The molecule has 1 amide bonds. The summed E-state index contributed by atoms with van der Waals surface area (Å²) in [6.07, 6.45) is 0.453. The minimum absolute atomic E-state index is 0.0116. The molecular formula is C10H13NO4. The Bertz CT molecular complexity index is 310. The molecule has 82 valence electrons. The first-order chi connectivity index (χ1) is 7.06. The van der Waals surface area contributed by atoms with Crippen LogP contribution in [0.3, 0.4) is 0 Å². The largest absolute Gasteiger partial charge is 0.465 e. The summed E-state index contributed by atoms with van der Waals surface area (Å²) in [6, 6.07) is 0. The lowest BCUT2D eigenvalue weighted by Gasteiger charge is -2.35. The van der Waals surface area contributed by atoms with E-state index in [4.69, 9.17) is 5.11 Å². The van der Waals surface area contributed by atoms with Crippen molar-refractivity contribution in [3.05, 3.63) is 0 Å². The summed E-state index contributed by atoms with van der Waals surface area (Å²) in [7, 11) is 0. The van der Waals surface area contributed by atoms with Crippen LogP contribution < -0.4 is 0 Å². The molecule has 0 unspecified atom stereocenters. The van der Waals surface area contributed by atoms with Gasteiger partial charge in [-0.3, -0.25) is 9.59 Å². The van der Waals surface area contributed by atoms with Crippen molar-refractivity contribution < 1.29 is 19.5 Å². The Labute approximate surface area is 87.1 Å². The van der Waals surface area contributed by atoms with Crippen molar-refractivity contribution in [3.8, 4) is 0 Å². The molecule has 1 saturated carbocycles. The smallest absolute Gasteiger partial charge is 0.407 e. The van der Waals surface area contributed by atoms with Gasteiger partial charge in [-0.2, -0.15) is 0 Å². The highest BCUT2D eigenvalue weighted by Gasteiger charge is 2.50. The Kier molecular flexibility index (Phi) is 2.25. The van der Waals surface area contributed by atoms with Gasteiger partial charge in [-0.25, -0.2) is 4.79 Å². The predicted molar refractivity (Wildman–Crippen MR) is 50.5 cm³/mol. The number of carbonyl (C=O) groups excluding carboxylic acids is 2. The molecule has 0 aromatic carbocycles. The fourth-order valence-electron chi connectivity index (χ4n) is 2.50. The van der Waals surface area contributed by atoms with Crippen molar-refractivity contribution in [1.82, 2.24) is 4.90 Å². The maximum absolute atomic E-state index is 11.7. The van der Waals surface area contributed by atoms with Gasteiger partial charge in [-0.15, -0.1) is 0 Å². The predicted octanol–water partition coefficient (Wildman–Crippen LogP) is 0.679. The van der Waals surface area contributed by atoms with Crippen LogP contribution in [0.25, 0.3) is 0 Å². The molecule has 1 saturated heterocycles. The van der Waals surface area contributed by atoms with E-state index in [2.05, 4.69) is 0 Å². The van der Waals surface area contributed by atoms with Gasteiger partial charge in [-0.1, -0.05) is 0 Å². The molecule has 1 spiro atoms. The van der Waals surface area contributed by atoms with E-state index < -0.39 is 11.5 Å². The lowest BCUT2D eigenvalue weighted by Crippen LogP contribution is -2.47. The molecule has 15 heavy (non-hydrogen) atoms. The average molecular weight is 211 g/mol. The van der Waals surface area contributed by atoms with Gasteiger partial charge in [-0.05, 0) is 12.8 Å². The van der Waals surface area contributed by atoms with E-state index in [9.17, 15) is 14.4 Å². The number of amides is 1. The zero-order valence-corrected chi connectivity index (χ0v) is 8.36. The number of carboxylic acid groups (broad SMARTS) is 1. The van der Waals surface area contributed by atoms with Gasteiger partial charge < -0.3 is 10.0 Å². The van der Waals surface area contributed by atoms with E-state index in [1.807, 2.05) is 0 Å². The van der Waals surface area contributed by atoms with Crippen LogP contribution in [0.5, 0.6) is 0 Å². The van der Waals surface area contributed by atoms with Gasteiger partial charge in [0.25, 0.3) is 0 Å². The quantitative estimate of drug-likeness (QED) is 0.598. The monoisotopic (exact) mass is 211 g/mol. The normalized spacial score (nSPS) is 24.9. The number of hydrogen-bond donors (Lipinski definition) is 1. The number of hydrogen-bond acceptors (Lipinski definition) is 3. The van der Waals surface area contributed by atoms with Crippen LogP contribution in [0.1, 0.15) is 25.7 Å². The maximum Gasteiger partial charge on any atom is 0.407 e. The first-order valence-corrected chi connectivity index (χ1v) is 5.11. The van der Waals surface area contributed by atoms with Crippen molar-refractivity contribution in [2.24, 2.45) is 5.41 Å². The van der Waals surface area contributed by atoms with Gasteiger partial charge in [0.1, 0.15) is 11.6 Å². The lowest BCUT2D eigenvalue weighted by atomic mass is 9.75. The third-order valence-corrected chi connectivity index (χ3v) is 3.53. The highest BCUT2D eigenvalue weighted by molar-refractivity contribution is 6.13. The van der Waals surface area contributed by atoms with Gasteiger partial charge >= 0.3 is 6.09 Å². The molecular weight excluding hydrogens is 198 g/mol. The van der Waals surface area contributed by atoms with Gasteiger partial charge in [0.15, 0.2) is 0 Å². The van der Waals surface area contributed by atoms with Crippen LogP contribution in [-0.2, 0) is 9.59 Å². The maximum atomic E-state index is 11.7. The number of nitrogens with zero attached hydrogens (tertiary/aromatic N) is 1. The minimum atomic E-state index is -0.970. The topological polar surface area (TPSA) is 74.7 Å².